The minimum Gasteiger partial charge on any atom is -0.289 e. The summed E-state index contributed by atoms with van der Waals surface area (Å²) < 4.78 is 1.08. The second-order valence-corrected chi connectivity index (χ2v) is 6.47. The van der Waals surface area contributed by atoms with Crippen LogP contribution in [0.2, 0.25) is 0 Å². The van der Waals surface area contributed by atoms with Crippen molar-refractivity contribution in [1.82, 2.24) is 0 Å². The zero-order valence-electron chi connectivity index (χ0n) is 10.1. The third-order valence-electron chi connectivity index (χ3n) is 2.72. The molecule has 2 heteroatoms. The Labute approximate surface area is 99.8 Å². The quantitative estimate of drug-likeness (QED) is 0.674. The van der Waals surface area contributed by atoms with Crippen molar-refractivity contribution < 1.29 is 0 Å². The van der Waals surface area contributed by atoms with Crippen LogP contribution < -0.4 is 5.43 Å². The first-order chi connectivity index (χ1) is 7.38. The molecule has 2 aromatic rings. The zero-order chi connectivity index (χ0) is 11.9. The number of aryl methyl sites for hydroxylation is 1. The number of hydrogen-bond acceptors (Lipinski definition) is 2. The van der Waals surface area contributed by atoms with Crippen molar-refractivity contribution in [3.05, 3.63) is 44.9 Å². The van der Waals surface area contributed by atoms with Gasteiger partial charge in [-0.15, -0.1) is 11.3 Å². The fraction of sp³-hybridized carbons (Fsp3) is 0.357. The minimum absolute atomic E-state index is 0.0934. The second kappa shape index (κ2) is 3.70. The number of rotatable bonds is 0. The number of hydrogen-bond donors (Lipinski definition) is 0. The lowest BCUT2D eigenvalue weighted by molar-refractivity contribution is 0.591. The molecule has 1 aromatic carbocycles. The first-order valence-corrected chi connectivity index (χ1v) is 6.24. The fourth-order valence-electron chi connectivity index (χ4n) is 1.74. The van der Waals surface area contributed by atoms with Gasteiger partial charge in [0.25, 0.3) is 0 Å². The molecule has 0 aliphatic rings. The van der Waals surface area contributed by atoms with Gasteiger partial charge in [-0.1, -0.05) is 26.8 Å². The topological polar surface area (TPSA) is 17.1 Å². The van der Waals surface area contributed by atoms with Gasteiger partial charge in [0.2, 0.25) is 0 Å². The highest BCUT2D eigenvalue weighted by molar-refractivity contribution is 7.18. The van der Waals surface area contributed by atoms with Gasteiger partial charge in [-0.05, 0) is 36.1 Å². The van der Waals surface area contributed by atoms with E-state index in [1.165, 1.54) is 5.56 Å². The largest absolute Gasteiger partial charge is 0.289 e. The molecule has 2 rings (SSSR count). The van der Waals surface area contributed by atoms with E-state index in [0.717, 1.165) is 15.0 Å². The van der Waals surface area contributed by atoms with Gasteiger partial charge in [-0.3, -0.25) is 4.79 Å². The molecule has 84 valence electrons. The third-order valence-corrected chi connectivity index (χ3v) is 3.73. The Hall–Kier alpha value is -1.15. The van der Waals surface area contributed by atoms with Gasteiger partial charge in [-0.2, -0.15) is 0 Å². The lowest BCUT2D eigenvalue weighted by Gasteiger charge is -2.19. The van der Waals surface area contributed by atoms with E-state index in [0.29, 0.717) is 0 Å². The maximum atomic E-state index is 11.9. The van der Waals surface area contributed by atoms with Crippen LogP contribution in [0.1, 0.15) is 31.2 Å². The van der Waals surface area contributed by atoms with E-state index < -0.39 is 0 Å². The van der Waals surface area contributed by atoms with Crippen molar-refractivity contribution in [3.63, 3.8) is 0 Å². The summed E-state index contributed by atoms with van der Waals surface area (Å²) in [5, 5.41) is 0.850. The molecule has 0 spiro atoms. The minimum atomic E-state index is 0.0934. The van der Waals surface area contributed by atoms with E-state index in [2.05, 4.69) is 32.9 Å². The van der Waals surface area contributed by atoms with Gasteiger partial charge >= 0.3 is 0 Å². The highest BCUT2D eigenvalue weighted by Crippen LogP contribution is 2.26. The van der Waals surface area contributed by atoms with Crippen molar-refractivity contribution >= 4 is 21.4 Å². The van der Waals surface area contributed by atoms with E-state index in [1.807, 2.05) is 13.0 Å². The average Bonchev–Trinajstić information content (AvgIpc) is 2.15. The van der Waals surface area contributed by atoms with E-state index >= 15 is 0 Å². The van der Waals surface area contributed by atoms with Crippen molar-refractivity contribution in [3.8, 4) is 0 Å². The van der Waals surface area contributed by atoms with E-state index in [-0.39, 0.29) is 10.8 Å². The van der Waals surface area contributed by atoms with Crippen LogP contribution in [0.15, 0.2) is 29.1 Å². The summed E-state index contributed by atoms with van der Waals surface area (Å²) in [6.07, 6.45) is 0. The van der Waals surface area contributed by atoms with Gasteiger partial charge in [-0.25, -0.2) is 0 Å². The molecule has 0 aliphatic carbocycles. The SMILES string of the molecule is Cc1cc(=O)c2cc(C(C)(C)C)ccc2s1. The van der Waals surface area contributed by atoms with E-state index in [4.69, 9.17) is 0 Å². The van der Waals surface area contributed by atoms with Crippen LogP contribution in [0.25, 0.3) is 10.1 Å². The summed E-state index contributed by atoms with van der Waals surface area (Å²) in [6.45, 7) is 8.46. The van der Waals surface area contributed by atoms with Crippen LogP contribution in [0.3, 0.4) is 0 Å². The fourth-order valence-corrected chi connectivity index (χ4v) is 2.66. The molecule has 16 heavy (non-hydrogen) atoms. The molecule has 0 amide bonds. The summed E-state index contributed by atoms with van der Waals surface area (Å²) in [4.78, 5) is 13.0. The smallest absolute Gasteiger partial charge is 0.188 e. The Morgan fingerprint density at radius 3 is 2.44 bits per heavy atom. The molecule has 1 aromatic heterocycles. The Kier molecular flexibility index (Phi) is 2.62. The Morgan fingerprint density at radius 1 is 1.12 bits per heavy atom. The molecule has 0 saturated carbocycles. The van der Waals surface area contributed by atoms with E-state index in [9.17, 15) is 4.79 Å². The van der Waals surface area contributed by atoms with Crippen molar-refractivity contribution in [2.24, 2.45) is 0 Å². The van der Waals surface area contributed by atoms with Crippen molar-refractivity contribution in [2.75, 3.05) is 0 Å². The van der Waals surface area contributed by atoms with Crippen LogP contribution in [0.4, 0.5) is 0 Å². The summed E-state index contributed by atoms with van der Waals surface area (Å²) in [7, 11) is 0. The van der Waals surface area contributed by atoms with Crippen LogP contribution in [-0.4, -0.2) is 0 Å². The molecule has 0 unspecified atom stereocenters. The third kappa shape index (κ3) is 2.03. The molecule has 0 saturated heterocycles. The van der Waals surface area contributed by atoms with Gasteiger partial charge in [0.05, 0.1) is 0 Å². The molecular weight excluding hydrogens is 216 g/mol. The molecule has 0 radical (unpaired) electrons. The first-order valence-electron chi connectivity index (χ1n) is 5.43. The molecule has 1 nitrogen and oxygen atoms in total. The monoisotopic (exact) mass is 232 g/mol. The lowest BCUT2D eigenvalue weighted by Crippen LogP contribution is -2.11. The normalized spacial score (nSPS) is 12.0. The number of fused-ring (bicyclic) bond motifs is 1. The molecule has 0 atom stereocenters. The highest BCUT2D eigenvalue weighted by Gasteiger charge is 2.14. The predicted octanol–water partition coefficient (Wildman–Crippen LogP) is 3.87. The summed E-state index contributed by atoms with van der Waals surface area (Å²) in [5.41, 5.74) is 1.45. The van der Waals surface area contributed by atoms with Gasteiger partial charge < -0.3 is 0 Å². The molecule has 0 bridgehead atoms. The summed E-state index contributed by atoms with van der Waals surface area (Å²) in [6, 6.07) is 7.94. The highest BCUT2D eigenvalue weighted by atomic mass is 32.1. The van der Waals surface area contributed by atoms with Crippen LogP contribution in [0, 0.1) is 6.92 Å². The van der Waals surface area contributed by atoms with Crippen molar-refractivity contribution in [1.29, 1.82) is 0 Å². The molecule has 0 fully saturated rings. The average molecular weight is 232 g/mol. The lowest BCUT2D eigenvalue weighted by atomic mass is 9.86. The molecule has 0 N–H and O–H groups in total. The standard InChI is InChI=1S/C14H16OS/c1-9-7-12(15)11-8-10(14(2,3)4)5-6-13(11)16-9/h5-8H,1-4H3. The van der Waals surface area contributed by atoms with Gasteiger partial charge in [0, 0.05) is 15.0 Å². The van der Waals surface area contributed by atoms with Crippen LogP contribution >= 0.6 is 11.3 Å². The predicted molar refractivity (Wildman–Crippen MR) is 71.5 cm³/mol. The Morgan fingerprint density at radius 2 is 1.81 bits per heavy atom. The Balaban J connectivity index is 2.77. The van der Waals surface area contributed by atoms with Crippen molar-refractivity contribution in [2.45, 2.75) is 33.1 Å². The Bertz CT molecular complexity index is 588. The second-order valence-electron chi connectivity index (χ2n) is 5.18. The maximum absolute atomic E-state index is 11.9. The van der Waals surface area contributed by atoms with E-state index in [1.54, 1.807) is 17.4 Å². The maximum Gasteiger partial charge on any atom is 0.188 e. The molecular formula is C14H16OS. The first kappa shape index (κ1) is 11.3. The molecule has 0 aliphatic heterocycles. The van der Waals surface area contributed by atoms with Gasteiger partial charge in [0.15, 0.2) is 5.43 Å². The zero-order valence-corrected chi connectivity index (χ0v) is 10.9. The summed E-state index contributed by atoms with van der Waals surface area (Å²) >= 11 is 1.68. The number of benzene rings is 1. The van der Waals surface area contributed by atoms with Crippen LogP contribution in [-0.2, 0) is 5.41 Å². The summed E-state index contributed by atoms with van der Waals surface area (Å²) in [5.74, 6) is 0. The van der Waals surface area contributed by atoms with Crippen LogP contribution in [0.5, 0.6) is 0 Å². The van der Waals surface area contributed by atoms with Gasteiger partial charge in [0.1, 0.15) is 0 Å². The molecule has 1 heterocycles.